The quantitative estimate of drug-likeness (QED) is 0.431. The van der Waals surface area contributed by atoms with Crippen LogP contribution < -0.4 is 25.8 Å². The number of amides is 4. The molecular weight excluding hydrogens is 479 g/mol. The van der Waals surface area contributed by atoms with Crippen molar-refractivity contribution < 1.29 is 18.5 Å². The maximum Gasteiger partial charge on any atom is 0.330 e. The number of urea groups is 2. The van der Waals surface area contributed by atoms with Gasteiger partial charge in [0.05, 0.1) is 28.6 Å². The van der Waals surface area contributed by atoms with Gasteiger partial charge in [0, 0.05) is 31.4 Å². The van der Waals surface area contributed by atoms with Gasteiger partial charge in [0.1, 0.15) is 11.6 Å². The molecule has 1 aromatic carbocycles. The van der Waals surface area contributed by atoms with E-state index in [1.165, 1.54) is 15.9 Å². The van der Waals surface area contributed by atoms with E-state index < -0.39 is 17.9 Å². The van der Waals surface area contributed by atoms with Gasteiger partial charge >= 0.3 is 12.1 Å². The molecule has 3 heterocycles. The zero-order valence-corrected chi connectivity index (χ0v) is 20.3. The van der Waals surface area contributed by atoms with E-state index in [1.54, 1.807) is 19.3 Å². The Kier molecular flexibility index (Phi) is 6.74. The molecule has 11 nitrogen and oxygen atoms in total. The topological polar surface area (TPSA) is 129 Å². The zero-order chi connectivity index (χ0) is 25.3. The summed E-state index contributed by atoms with van der Waals surface area (Å²) in [6.07, 6.45) is 1.61. The first-order valence-electron chi connectivity index (χ1n) is 10.9. The van der Waals surface area contributed by atoms with Gasteiger partial charge in [-0.3, -0.25) is 15.1 Å². The molecule has 13 heteroatoms. The van der Waals surface area contributed by atoms with Crippen molar-refractivity contribution in [2.45, 2.75) is 33.2 Å². The van der Waals surface area contributed by atoms with Crippen molar-refractivity contribution in [3.63, 3.8) is 0 Å². The second-order valence-electron chi connectivity index (χ2n) is 8.04. The van der Waals surface area contributed by atoms with Gasteiger partial charge < -0.3 is 15.2 Å². The van der Waals surface area contributed by atoms with E-state index in [0.29, 0.717) is 29.6 Å². The molecule has 0 spiro atoms. The lowest BCUT2D eigenvalue weighted by Crippen LogP contribution is -2.48. The van der Waals surface area contributed by atoms with Gasteiger partial charge in [-0.2, -0.15) is 4.98 Å². The number of halogens is 2. The van der Waals surface area contributed by atoms with Gasteiger partial charge in [-0.15, -0.1) is 0 Å². The molecule has 4 amide bonds. The molecule has 0 saturated heterocycles. The molecule has 0 fully saturated rings. The normalized spacial score (nSPS) is 13.2. The second kappa shape index (κ2) is 9.74. The fourth-order valence-corrected chi connectivity index (χ4v) is 3.79. The summed E-state index contributed by atoms with van der Waals surface area (Å²) >= 11 is 6.32. The molecule has 3 aromatic rings. The lowest BCUT2D eigenvalue weighted by atomic mass is 10.1. The molecule has 4 rings (SSSR count). The highest BCUT2D eigenvalue weighted by molar-refractivity contribution is 6.34. The molecule has 0 radical (unpaired) electrons. The molecule has 0 unspecified atom stereocenters. The first-order valence-corrected chi connectivity index (χ1v) is 11.3. The fourth-order valence-electron chi connectivity index (χ4n) is 3.54. The Bertz CT molecular complexity index is 1280. The summed E-state index contributed by atoms with van der Waals surface area (Å²) in [7, 11) is 1.68. The number of benzene rings is 1. The fraction of sp³-hybridized carbons (Fsp3) is 0.318. The number of carbonyl (C=O) groups is 2. The van der Waals surface area contributed by atoms with Gasteiger partial charge in [-0.25, -0.2) is 19.0 Å². The van der Waals surface area contributed by atoms with Crippen LogP contribution in [0, 0.1) is 5.82 Å². The number of rotatable bonds is 6. The van der Waals surface area contributed by atoms with Crippen molar-refractivity contribution in [2.75, 3.05) is 39.3 Å². The van der Waals surface area contributed by atoms with E-state index in [2.05, 4.69) is 31.1 Å². The second-order valence-corrected chi connectivity index (χ2v) is 8.45. The van der Waals surface area contributed by atoms with E-state index in [4.69, 9.17) is 16.1 Å². The first-order chi connectivity index (χ1) is 16.7. The van der Waals surface area contributed by atoms with E-state index in [-0.39, 0.29) is 34.7 Å². The van der Waals surface area contributed by atoms with E-state index >= 15 is 0 Å². The Balaban J connectivity index is 1.60. The maximum atomic E-state index is 14.7. The van der Waals surface area contributed by atoms with Crippen LogP contribution in [0.3, 0.4) is 0 Å². The molecule has 3 N–H and O–H groups in total. The van der Waals surface area contributed by atoms with E-state index in [1.807, 2.05) is 20.8 Å². The van der Waals surface area contributed by atoms with Crippen LogP contribution in [-0.2, 0) is 6.54 Å². The van der Waals surface area contributed by atoms with E-state index in [9.17, 15) is 14.0 Å². The van der Waals surface area contributed by atoms with Crippen LogP contribution in [0.4, 0.5) is 43.0 Å². The summed E-state index contributed by atoms with van der Waals surface area (Å²) in [6, 6.07) is 2.78. The van der Waals surface area contributed by atoms with Crippen molar-refractivity contribution >= 4 is 52.7 Å². The Morgan fingerprint density at radius 2 is 2.06 bits per heavy atom. The molecule has 184 valence electrons. The largest absolute Gasteiger partial charge is 0.357 e. The minimum atomic E-state index is -0.770. The molecule has 0 aliphatic carbocycles. The maximum absolute atomic E-state index is 14.7. The lowest BCUT2D eigenvalue weighted by Gasteiger charge is -2.36. The van der Waals surface area contributed by atoms with Gasteiger partial charge in [-0.05, 0) is 25.0 Å². The highest BCUT2D eigenvalue weighted by atomic mass is 35.5. The zero-order valence-electron chi connectivity index (χ0n) is 19.5. The molecule has 35 heavy (non-hydrogen) atoms. The Hall–Kier alpha value is -3.93. The number of fused-ring (bicyclic) bond motifs is 1. The lowest BCUT2D eigenvalue weighted by molar-refractivity contribution is 0.250. The van der Waals surface area contributed by atoms with Crippen LogP contribution >= 0.6 is 11.6 Å². The van der Waals surface area contributed by atoms with Crippen molar-refractivity contribution in [1.82, 2.24) is 15.1 Å². The summed E-state index contributed by atoms with van der Waals surface area (Å²) < 4.78 is 19.7. The monoisotopic (exact) mass is 502 g/mol. The summed E-state index contributed by atoms with van der Waals surface area (Å²) in [5.74, 6) is 0.320. The van der Waals surface area contributed by atoms with Gasteiger partial charge in [0.15, 0.2) is 0 Å². The van der Waals surface area contributed by atoms with Crippen molar-refractivity contribution in [3.8, 4) is 0 Å². The number of carbonyl (C=O) groups excluding carboxylic acids is 2. The van der Waals surface area contributed by atoms with Crippen molar-refractivity contribution in [2.24, 2.45) is 0 Å². The summed E-state index contributed by atoms with van der Waals surface area (Å²) in [5.41, 5.74) is 1.39. The van der Waals surface area contributed by atoms with Crippen molar-refractivity contribution in [3.05, 3.63) is 46.5 Å². The molecule has 0 saturated carbocycles. The minimum absolute atomic E-state index is 0.00545. The van der Waals surface area contributed by atoms with Gasteiger partial charge in [-0.1, -0.05) is 30.6 Å². The average Bonchev–Trinajstić information content (AvgIpc) is 3.29. The molecule has 0 atom stereocenters. The van der Waals surface area contributed by atoms with Gasteiger partial charge in [0.25, 0.3) is 0 Å². The number of nitrogens with one attached hydrogen (secondary N) is 3. The number of hydrogen-bond acceptors (Lipinski definition) is 7. The Morgan fingerprint density at radius 1 is 1.29 bits per heavy atom. The first kappa shape index (κ1) is 24.2. The molecule has 0 bridgehead atoms. The molecule has 2 aromatic heterocycles. The highest BCUT2D eigenvalue weighted by Crippen LogP contribution is 2.37. The third kappa shape index (κ3) is 4.83. The summed E-state index contributed by atoms with van der Waals surface area (Å²) in [5, 5.41) is 11.6. The molecule has 1 aliphatic rings. The summed E-state index contributed by atoms with van der Waals surface area (Å²) in [4.78, 5) is 37.2. The van der Waals surface area contributed by atoms with Crippen LogP contribution in [0.2, 0.25) is 5.02 Å². The number of hydrogen-bond donors (Lipinski definition) is 3. The van der Waals surface area contributed by atoms with E-state index in [0.717, 1.165) is 6.07 Å². The third-order valence-corrected chi connectivity index (χ3v) is 5.66. The Labute approximate surface area is 205 Å². The molecular formula is C22H24ClFN8O3. The van der Waals surface area contributed by atoms with Crippen LogP contribution in [0.15, 0.2) is 28.9 Å². The van der Waals surface area contributed by atoms with Crippen LogP contribution in [-0.4, -0.2) is 40.8 Å². The number of aromatic nitrogens is 3. The molecule has 1 aliphatic heterocycles. The predicted octanol–water partition coefficient (Wildman–Crippen LogP) is 5.03. The number of nitrogens with zero attached hydrogens (tertiary/aromatic N) is 5. The Morgan fingerprint density at radius 3 is 2.71 bits per heavy atom. The minimum Gasteiger partial charge on any atom is -0.357 e. The third-order valence-electron chi connectivity index (χ3n) is 5.36. The average molecular weight is 503 g/mol. The predicted molar refractivity (Wildman–Crippen MR) is 131 cm³/mol. The SMILES string of the molecule is CCN1C(=O)N(c2cc(NC(=O)Nc3cc(C(C)C)no3)c(F)cc2Cl)Cc2cnc(NC)nc21. The van der Waals surface area contributed by atoms with Gasteiger partial charge in [0.2, 0.25) is 11.8 Å². The van der Waals surface area contributed by atoms with Crippen molar-refractivity contribution in [1.29, 1.82) is 0 Å². The summed E-state index contributed by atoms with van der Waals surface area (Å²) in [6.45, 7) is 6.12. The van der Waals surface area contributed by atoms with Crippen LogP contribution in [0.5, 0.6) is 0 Å². The van der Waals surface area contributed by atoms with Crippen LogP contribution in [0.1, 0.15) is 37.9 Å². The smallest absolute Gasteiger partial charge is 0.330 e. The standard InChI is InChI=1S/C22H24ClFN8O3/c1-5-31-19-12(9-26-20(25-4)29-19)10-32(22(31)34)17-7-16(14(24)6-13(17)23)27-21(33)28-18-8-15(11(2)3)30-35-18/h6-9,11H,5,10H2,1-4H3,(H,25,26,29)(H2,27,28,33). The van der Waals surface area contributed by atoms with Crippen LogP contribution in [0.25, 0.3) is 0 Å². The number of anilines is 5. The highest BCUT2D eigenvalue weighted by Gasteiger charge is 2.33.